The standard InChI is InChI=1S/C17H21N3O4/c1-5-23-15(21)13-8-11(9-18)12-6-7-20(10-14(12)19-13)16(22)24-17(2,3)4/h8H,5-7,10H2,1-4H3. The van der Waals surface area contributed by atoms with Crippen LogP contribution in [-0.2, 0) is 22.4 Å². The first-order valence-electron chi connectivity index (χ1n) is 7.83. The van der Waals surface area contributed by atoms with Gasteiger partial charge in [0.1, 0.15) is 11.3 Å². The number of nitrogens with zero attached hydrogens (tertiary/aromatic N) is 3. The number of rotatable bonds is 2. The molecule has 2 heterocycles. The van der Waals surface area contributed by atoms with Crippen LogP contribution in [0.5, 0.6) is 0 Å². The van der Waals surface area contributed by atoms with Crippen LogP contribution in [0.4, 0.5) is 4.79 Å². The third kappa shape index (κ3) is 4.02. The zero-order valence-corrected chi connectivity index (χ0v) is 14.4. The summed E-state index contributed by atoms with van der Waals surface area (Å²) in [4.78, 5) is 29.9. The van der Waals surface area contributed by atoms with E-state index in [9.17, 15) is 14.9 Å². The van der Waals surface area contributed by atoms with E-state index in [1.54, 1.807) is 27.7 Å². The summed E-state index contributed by atoms with van der Waals surface area (Å²) in [6.07, 6.45) is 0.0584. The molecule has 7 nitrogen and oxygen atoms in total. The Kier molecular flexibility index (Phi) is 5.07. The molecule has 0 spiro atoms. The summed E-state index contributed by atoms with van der Waals surface area (Å²) in [5.41, 5.74) is 1.19. The minimum absolute atomic E-state index is 0.0817. The van der Waals surface area contributed by atoms with E-state index in [0.29, 0.717) is 24.2 Å². The van der Waals surface area contributed by atoms with Gasteiger partial charge in [0.05, 0.1) is 30.5 Å². The molecule has 128 valence electrons. The normalized spacial score (nSPS) is 13.7. The number of carbonyl (C=O) groups is 2. The molecule has 0 unspecified atom stereocenters. The summed E-state index contributed by atoms with van der Waals surface area (Å²) < 4.78 is 10.3. The maximum absolute atomic E-state index is 12.2. The van der Waals surface area contributed by atoms with Crippen molar-refractivity contribution in [1.82, 2.24) is 9.88 Å². The molecule has 1 aliphatic rings. The molecule has 0 radical (unpaired) electrons. The van der Waals surface area contributed by atoms with Crippen LogP contribution in [0.3, 0.4) is 0 Å². The van der Waals surface area contributed by atoms with Gasteiger partial charge >= 0.3 is 12.1 Å². The van der Waals surface area contributed by atoms with Crippen molar-refractivity contribution in [2.75, 3.05) is 13.2 Å². The SMILES string of the molecule is CCOC(=O)c1cc(C#N)c2c(n1)CN(C(=O)OC(C)(C)C)CC2. The lowest BCUT2D eigenvalue weighted by Crippen LogP contribution is -2.40. The highest BCUT2D eigenvalue weighted by Crippen LogP contribution is 2.23. The van der Waals surface area contributed by atoms with Gasteiger partial charge in [-0.25, -0.2) is 14.6 Å². The van der Waals surface area contributed by atoms with Crippen molar-refractivity contribution in [1.29, 1.82) is 5.26 Å². The summed E-state index contributed by atoms with van der Waals surface area (Å²) in [7, 11) is 0. The van der Waals surface area contributed by atoms with E-state index >= 15 is 0 Å². The number of fused-ring (bicyclic) bond motifs is 1. The van der Waals surface area contributed by atoms with Crippen molar-refractivity contribution in [3.63, 3.8) is 0 Å². The van der Waals surface area contributed by atoms with Gasteiger partial charge in [0, 0.05) is 6.54 Å². The van der Waals surface area contributed by atoms with Gasteiger partial charge in [-0.3, -0.25) is 0 Å². The molecule has 0 N–H and O–H groups in total. The summed E-state index contributed by atoms with van der Waals surface area (Å²) >= 11 is 0. The van der Waals surface area contributed by atoms with E-state index in [1.165, 1.54) is 11.0 Å². The van der Waals surface area contributed by atoms with E-state index in [1.807, 2.05) is 0 Å². The molecule has 0 saturated heterocycles. The van der Waals surface area contributed by atoms with Gasteiger partial charge in [-0.05, 0) is 45.7 Å². The maximum atomic E-state index is 12.2. The number of nitriles is 1. The smallest absolute Gasteiger partial charge is 0.410 e. The van der Waals surface area contributed by atoms with E-state index in [-0.39, 0.29) is 18.8 Å². The Morgan fingerprint density at radius 1 is 1.42 bits per heavy atom. The molecule has 0 aliphatic carbocycles. The summed E-state index contributed by atoms with van der Waals surface area (Å²) in [6.45, 7) is 7.97. The fourth-order valence-corrected chi connectivity index (χ4v) is 2.43. The molecule has 1 aromatic heterocycles. The molecule has 0 atom stereocenters. The molecule has 24 heavy (non-hydrogen) atoms. The molecule has 0 bridgehead atoms. The third-order valence-electron chi connectivity index (χ3n) is 3.44. The summed E-state index contributed by atoms with van der Waals surface area (Å²) in [5, 5.41) is 9.32. The van der Waals surface area contributed by atoms with Crippen LogP contribution in [0.1, 0.15) is 55.0 Å². The van der Waals surface area contributed by atoms with Crippen LogP contribution in [-0.4, -0.2) is 40.7 Å². The Bertz CT molecular complexity index is 701. The second-order valence-corrected chi connectivity index (χ2v) is 6.46. The molecular weight excluding hydrogens is 310 g/mol. The number of esters is 1. The molecule has 7 heteroatoms. The zero-order chi connectivity index (χ0) is 17.9. The van der Waals surface area contributed by atoms with Crippen molar-refractivity contribution in [2.24, 2.45) is 0 Å². The quantitative estimate of drug-likeness (QED) is 0.773. The number of amides is 1. The number of carbonyl (C=O) groups excluding carboxylic acids is 2. The van der Waals surface area contributed by atoms with E-state index in [4.69, 9.17) is 9.47 Å². The lowest BCUT2D eigenvalue weighted by atomic mass is 9.99. The lowest BCUT2D eigenvalue weighted by Gasteiger charge is -2.31. The van der Waals surface area contributed by atoms with Gasteiger partial charge in [0.25, 0.3) is 0 Å². The van der Waals surface area contributed by atoms with Crippen LogP contribution in [0.15, 0.2) is 6.07 Å². The van der Waals surface area contributed by atoms with Crippen molar-refractivity contribution in [3.05, 3.63) is 28.6 Å². The Morgan fingerprint density at radius 2 is 2.12 bits per heavy atom. The van der Waals surface area contributed by atoms with Gasteiger partial charge in [-0.1, -0.05) is 0 Å². The molecule has 1 aliphatic heterocycles. The van der Waals surface area contributed by atoms with Gasteiger partial charge in [-0.2, -0.15) is 5.26 Å². The van der Waals surface area contributed by atoms with E-state index < -0.39 is 17.7 Å². The van der Waals surface area contributed by atoms with Crippen molar-refractivity contribution in [3.8, 4) is 6.07 Å². The summed E-state index contributed by atoms with van der Waals surface area (Å²) in [6, 6.07) is 3.54. The molecule has 1 aromatic rings. The Balaban J connectivity index is 2.29. The monoisotopic (exact) mass is 331 g/mol. The topological polar surface area (TPSA) is 92.5 Å². The summed E-state index contributed by atoms with van der Waals surface area (Å²) in [5.74, 6) is -0.578. The zero-order valence-electron chi connectivity index (χ0n) is 14.4. The van der Waals surface area contributed by atoms with Crippen LogP contribution in [0.25, 0.3) is 0 Å². The fourth-order valence-electron chi connectivity index (χ4n) is 2.43. The highest BCUT2D eigenvalue weighted by atomic mass is 16.6. The van der Waals surface area contributed by atoms with Gasteiger partial charge in [0.15, 0.2) is 0 Å². The fraction of sp³-hybridized carbons (Fsp3) is 0.529. The molecule has 2 rings (SSSR count). The number of hydrogen-bond donors (Lipinski definition) is 0. The first-order valence-corrected chi connectivity index (χ1v) is 7.83. The minimum atomic E-state index is -0.588. The third-order valence-corrected chi connectivity index (χ3v) is 3.44. The van der Waals surface area contributed by atoms with Crippen molar-refractivity contribution in [2.45, 2.75) is 46.3 Å². The van der Waals surface area contributed by atoms with Crippen LogP contribution >= 0.6 is 0 Å². The second kappa shape index (κ2) is 6.87. The average molecular weight is 331 g/mol. The largest absolute Gasteiger partial charge is 0.461 e. The highest BCUT2D eigenvalue weighted by Gasteiger charge is 2.28. The highest BCUT2D eigenvalue weighted by molar-refractivity contribution is 5.88. The van der Waals surface area contributed by atoms with E-state index in [0.717, 1.165) is 5.56 Å². The van der Waals surface area contributed by atoms with Crippen molar-refractivity contribution >= 4 is 12.1 Å². The number of ether oxygens (including phenoxy) is 2. The lowest BCUT2D eigenvalue weighted by molar-refractivity contribution is 0.0220. The van der Waals surface area contributed by atoms with Crippen LogP contribution in [0.2, 0.25) is 0 Å². The van der Waals surface area contributed by atoms with Crippen LogP contribution < -0.4 is 0 Å². The van der Waals surface area contributed by atoms with E-state index in [2.05, 4.69) is 11.1 Å². The molecule has 0 fully saturated rings. The van der Waals surface area contributed by atoms with Gasteiger partial charge in [0.2, 0.25) is 0 Å². The molecular formula is C17H21N3O4. The second-order valence-electron chi connectivity index (χ2n) is 6.46. The maximum Gasteiger partial charge on any atom is 0.410 e. The number of aromatic nitrogens is 1. The van der Waals surface area contributed by atoms with Gasteiger partial charge < -0.3 is 14.4 Å². The molecule has 0 saturated carbocycles. The van der Waals surface area contributed by atoms with Crippen molar-refractivity contribution < 1.29 is 19.1 Å². The molecule has 1 amide bonds. The minimum Gasteiger partial charge on any atom is -0.461 e. The first kappa shape index (κ1) is 17.7. The first-order chi connectivity index (χ1) is 11.2. The number of pyridine rings is 1. The Hall–Kier alpha value is -2.62. The van der Waals surface area contributed by atoms with Gasteiger partial charge in [-0.15, -0.1) is 0 Å². The number of hydrogen-bond acceptors (Lipinski definition) is 6. The predicted octanol–water partition coefficient (Wildman–Crippen LogP) is 2.42. The predicted molar refractivity (Wildman–Crippen MR) is 85.3 cm³/mol. The average Bonchev–Trinajstić information content (AvgIpc) is 2.51. The Labute approximate surface area is 141 Å². The Morgan fingerprint density at radius 3 is 2.71 bits per heavy atom. The van der Waals surface area contributed by atoms with Crippen LogP contribution in [0, 0.1) is 11.3 Å². The molecule has 0 aromatic carbocycles.